The number of nitrogens with one attached hydrogen (secondary N) is 2. The van der Waals surface area contributed by atoms with Crippen LogP contribution in [-0.2, 0) is 0 Å². The fraction of sp³-hybridized carbons (Fsp3) is 0.304. The molecule has 1 fully saturated rings. The molecule has 166 valence electrons. The van der Waals surface area contributed by atoms with Crippen molar-refractivity contribution in [1.29, 1.82) is 0 Å². The molecular weight excluding hydrogens is 434 g/mol. The minimum Gasteiger partial charge on any atom is -0.490 e. The molecule has 1 saturated carbocycles. The standard InChI is InChI=1S/C23H22ClN3O5/c1-2-29-19-12-17-20(22-21(19)30-9-10-31-22)18(7-8-25-17)32-14-5-6-16(15(24)11-14)27-23(28)26-13-3-4-13/h5-8,11-13H,2-4,9-10H2,1H3,(H2,26,27,28). The van der Waals surface area contributed by atoms with Crippen LogP contribution in [0, 0.1) is 0 Å². The van der Waals surface area contributed by atoms with Crippen molar-refractivity contribution in [3.63, 3.8) is 0 Å². The summed E-state index contributed by atoms with van der Waals surface area (Å²) in [5.41, 5.74) is 1.17. The number of halogens is 1. The summed E-state index contributed by atoms with van der Waals surface area (Å²) in [6.07, 6.45) is 3.68. The van der Waals surface area contributed by atoms with E-state index >= 15 is 0 Å². The van der Waals surface area contributed by atoms with Crippen molar-refractivity contribution in [2.45, 2.75) is 25.8 Å². The lowest BCUT2D eigenvalue weighted by molar-refractivity contribution is 0.165. The molecule has 0 unspecified atom stereocenters. The Kier molecular flexibility index (Phi) is 5.53. The summed E-state index contributed by atoms with van der Waals surface area (Å²) in [7, 11) is 0. The predicted octanol–water partition coefficient (Wildman–Crippen LogP) is 5.13. The van der Waals surface area contributed by atoms with Gasteiger partial charge in [0.2, 0.25) is 5.75 Å². The number of hydrogen-bond acceptors (Lipinski definition) is 6. The van der Waals surface area contributed by atoms with Crippen molar-refractivity contribution in [1.82, 2.24) is 10.3 Å². The first-order valence-electron chi connectivity index (χ1n) is 10.5. The van der Waals surface area contributed by atoms with Crippen LogP contribution >= 0.6 is 11.6 Å². The van der Waals surface area contributed by atoms with E-state index in [9.17, 15) is 4.79 Å². The average Bonchev–Trinajstić information content (AvgIpc) is 3.60. The number of hydrogen-bond donors (Lipinski definition) is 2. The molecular formula is C23H22ClN3O5. The van der Waals surface area contributed by atoms with Gasteiger partial charge in [0.1, 0.15) is 24.7 Å². The van der Waals surface area contributed by atoms with Crippen LogP contribution < -0.4 is 29.6 Å². The van der Waals surface area contributed by atoms with Crippen LogP contribution in [-0.4, -0.2) is 36.9 Å². The highest BCUT2D eigenvalue weighted by atomic mass is 35.5. The number of amides is 2. The summed E-state index contributed by atoms with van der Waals surface area (Å²) in [5.74, 6) is 2.73. The molecule has 0 saturated heterocycles. The van der Waals surface area contributed by atoms with Crippen LogP contribution in [0.5, 0.6) is 28.7 Å². The maximum Gasteiger partial charge on any atom is 0.319 e. The lowest BCUT2D eigenvalue weighted by Gasteiger charge is -2.23. The molecule has 32 heavy (non-hydrogen) atoms. The molecule has 1 aromatic heterocycles. The number of urea groups is 1. The molecule has 2 heterocycles. The van der Waals surface area contributed by atoms with E-state index in [1.807, 2.05) is 13.0 Å². The molecule has 0 spiro atoms. The largest absolute Gasteiger partial charge is 0.490 e. The number of fused-ring (bicyclic) bond motifs is 3. The van der Waals surface area contributed by atoms with Crippen LogP contribution in [0.4, 0.5) is 10.5 Å². The van der Waals surface area contributed by atoms with E-state index in [0.717, 1.165) is 12.8 Å². The van der Waals surface area contributed by atoms with Gasteiger partial charge in [0.15, 0.2) is 11.5 Å². The molecule has 3 aromatic rings. The summed E-state index contributed by atoms with van der Waals surface area (Å²) in [6.45, 7) is 3.26. The molecule has 2 amide bonds. The second-order valence-corrected chi connectivity index (χ2v) is 7.89. The van der Waals surface area contributed by atoms with Crippen LogP contribution in [0.3, 0.4) is 0 Å². The number of carbonyl (C=O) groups excluding carboxylic acids is 1. The molecule has 9 heteroatoms. The maximum absolute atomic E-state index is 12.0. The van der Waals surface area contributed by atoms with Gasteiger partial charge in [-0.05, 0) is 38.0 Å². The van der Waals surface area contributed by atoms with E-state index in [2.05, 4.69) is 15.6 Å². The highest BCUT2D eigenvalue weighted by Gasteiger charge is 2.25. The van der Waals surface area contributed by atoms with Crippen molar-refractivity contribution in [2.24, 2.45) is 0 Å². The lowest BCUT2D eigenvalue weighted by atomic mass is 10.1. The molecule has 8 nitrogen and oxygen atoms in total. The summed E-state index contributed by atoms with van der Waals surface area (Å²) >= 11 is 6.38. The highest BCUT2D eigenvalue weighted by molar-refractivity contribution is 6.33. The molecule has 5 rings (SSSR count). The fourth-order valence-electron chi connectivity index (χ4n) is 3.48. The third-order valence-electron chi connectivity index (χ3n) is 5.07. The summed E-state index contributed by atoms with van der Waals surface area (Å²) in [4.78, 5) is 16.4. The third-order valence-corrected chi connectivity index (χ3v) is 5.38. The molecule has 1 aliphatic heterocycles. The fourth-order valence-corrected chi connectivity index (χ4v) is 3.70. The molecule has 0 bridgehead atoms. The molecule has 1 aliphatic carbocycles. The van der Waals surface area contributed by atoms with Crippen LogP contribution in [0.2, 0.25) is 5.02 Å². The van der Waals surface area contributed by atoms with Gasteiger partial charge in [0.25, 0.3) is 0 Å². The van der Waals surface area contributed by atoms with E-state index in [4.69, 9.17) is 30.5 Å². The maximum atomic E-state index is 12.0. The van der Waals surface area contributed by atoms with E-state index in [0.29, 0.717) is 70.2 Å². The number of ether oxygens (including phenoxy) is 4. The van der Waals surface area contributed by atoms with Gasteiger partial charge in [-0.3, -0.25) is 4.98 Å². The number of carbonyl (C=O) groups is 1. The smallest absolute Gasteiger partial charge is 0.319 e. The van der Waals surface area contributed by atoms with Crippen molar-refractivity contribution < 1.29 is 23.7 Å². The Labute approximate surface area is 189 Å². The summed E-state index contributed by atoms with van der Waals surface area (Å²) < 4.78 is 23.6. The molecule has 0 radical (unpaired) electrons. The Morgan fingerprint density at radius 1 is 1.16 bits per heavy atom. The first kappa shape index (κ1) is 20.5. The van der Waals surface area contributed by atoms with Gasteiger partial charge in [0.05, 0.1) is 28.2 Å². The lowest BCUT2D eigenvalue weighted by Crippen LogP contribution is -2.30. The van der Waals surface area contributed by atoms with Crippen molar-refractivity contribution in [3.05, 3.63) is 41.6 Å². The first-order valence-corrected chi connectivity index (χ1v) is 10.9. The highest BCUT2D eigenvalue weighted by Crippen LogP contribution is 2.48. The van der Waals surface area contributed by atoms with E-state index in [1.54, 1.807) is 30.5 Å². The monoisotopic (exact) mass is 455 g/mol. The summed E-state index contributed by atoms with van der Waals surface area (Å²) in [5, 5.41) is 6.68. The predicted molar refractivity (Wildman–Crippen MR) is 121 cm³/mol. The molecule has 2 aromatic carbocycles. The minimum absolute atomic E-state index is 0.261. The van der Waals surface area contributed by atoms with Gasteiger partial charge in [0, 0.05) is 24.4 Å². The third kappa shape index (κ3) is 4.18. The second-order valence-electron chi connectivity index (χ2n) is 7.48. The molecule has 2 aliphatic rings. The second kappa shape index (κ2) is 8.63. The number of rotatable bonds is 6. The van der Waals surface area contributed by atoms with Gasteiger partial charge in [-0.2, -0.15) is 0 Å². The van der Waals surface area contributed by atoms with Gasteiger partial charge in [-0.15, -0.1) is 0 Å². The van der Waals surface area contributed by atoms with Crippen molar-refractivity contribution in [3.8, 4) is 28.7 Å². The Bertz CT molecular complexity index is 1180. The van der Waals surface area contributed by atoms with Crippen LogP contribution in [0.25, 0.3) is 10.9 Å². The number of anilines is 1. The van der Waals surface area contributed by atoms with E-state index < -0.39 is 0 Å². The Morgan fingerprint density at radius 2 is 1.97 bits per heavy atom. The number of nitrogens with zero attached hydrogens (tertiary/aromatic N) is 1. The SMILES string of the molecule is CCOc1cc2nccc(Oc3ccc(NC(=O)NC4CC4)c(Cl)c3)c2c2c1OCCO2. The zero-order valence-corrected chi connectivity index (χ0v) is 18.2. The minimum atomic E-state index is -0.267. The Balaban J connectivity index is 1.45. The van der Waals surface area contributed by atoms with Crippen LogP contribution in [0.15, 0.2) is 36.5 Å². The van der Waals surface area contributed by atoms with Crippen molar-refractivity contribution in [2.75, 3.05) is 25.1 Å². The average molecular weight is 456 g/mol. The Hall–Kier alpha value is -3.39. The Morgan fingerprint density at radius 3 is 2.72 bits per heavy atom. The number of pyridine rings is 1. The topological polar surface area (TPSA) is 90.9 Å². The van der Waals surface area contributed by atoms with Gasteiger partial charge in [-0.25, -0.2) is 4.79 Å². The van der Waals surface area contributed by atoms with Crippen LogP contribution in [0.1, 0.15) is 19.8 Å². The van der Waals surface area contributed by atoms with Gasteiger partial charge < -0.3 is 29.6 Å². The van der Waals surface area contributed by atoms with E-state index in [1.165, 1.54) is 0 Å². The summed E-state index contributed by atoms with van der Waals surface area (Å²) in [6, 6.07) is 8.66. The van der Waals surface area contributed by atoms with Gasteiger partial charge >= 0.3 is 6.03 Å². The molecule has 0 atom stereocenters. The first-order chi connectivity index (χ1) is 15.6. The zero-order valence-electron chi connectivity index (χ0n) is 17.4. The molecule has 2 N–H and O–H groups in total. The number of aromatic nitrogens is 1. The van der Waals surface area contributed by atoms with E-state index in [-0.39, 0.29) is 12.1 Å². The quantitative estimate of drug-likeness (QED) is 0.535. The van der Waals surface area contributed by atoms with Crippen molar-refractivity contribution >= 4 is 34.2 Å². The van der Waals surface area contributed by atoms with Gasteiger partial charge in [-0.1, -0.05) is 11.6 Å². The number of benzene rings is 2. The normalized spacial score (nSPS) is 14.7. The zero-order chi connectivity index (χ0) is 22.1.